The number of alkyl halides is 2. The molecule has 0 saturated carbocycles. The molecular weight excluding hydrogens is 212 g/mol. The first-order chi connectivity index (χ1) is 6.24. The molecule has 0 fully saturated rings. The van der Waals surface area contributed by atoms with Crippen molar-refractivity contribution in [2.45, 2.75) is 10.7 Å². The largest absolute Gasteiger partial charge is 0.288 e. The number of halogens is 2. The number of rotatable bonds is 3. The molecule has 0 unspecified atom stereocenters. The van der Waals surface area contributed by atoms with E-state index in [4.69, 9.17) is 0 Å². The van der Waals surface area contributed by atoms with Crippen LogP contribution < -0.4 is 0 Å². The molecule has 0 aliphatic carbocycles. The third kappa shape index (κ3) is 3.22. The first kappa shape index (κ1) is 10.3. The Morgan fingerprint density at radius 1 is 1.38 bits per heavy atom. The molecule has 0 heterocycles. The van der Waals surface area contributed by atoms with E-state index in [1.54, 1.807) is 24.3 Å². The van der Waals surface area contributed by atoms with Gasteiger partial charge in [-0.15, -0.1) is 0 Å². The van der Waals surface area contributed by atoms with Gasteiger partial charge in [0.15, 0.2) is 0 Å². The van der Waals surface area contributed by atoms with Crippen LogP contribution in [0.15, 0.2) is 34.2 Å². The van der Waals surface area contributed by atoms with Crippen LogP contribution in [0, 0.1) is 0 Å². The van der Waals surface area contributed by atoms with Crippen LogP contribution >= 0.6 is 24.0 Å². The van der Waals surface area contributed by atoms with E-state index in [0.29, 0.717) is 22.3 Å². The Bertz CT molecular complexity index is 335. The molecule has 1 aromatic rings. The van der Waals surface area contributed by atoms with E-state index < -0.39 is 5.76 Å². The zero-order valence-electron chi connectivity index (χ0n) is 6.41. The maximum absolute atomic E-state index is 12.0. The molecule has 0 aliphatic rings. The van der Waals surface area contributed by atoms with Crippen molar-refractivity contribution in [3.63, 3.8) is 0 Å². The molecule has 0 N–H and O–H groups in total. The van der Waals surface area contributed by atoms with Crippen molar-refractivity contribution >= 4 is 34.8 Å². The van der Waals surface area contributed by atoms with E-state index in [2.05, 4.69) is 22.4 Å². The molecule has 0 spiro atoms. The topological polar surface area (TPSA) is 12.4 Å². The summed E-state index contributed by atoms with van der Waals surface area (Å²) in [5, 5.41) is 2.15. The highest BCUT2D eigenvalue weighted by Crippen LogP contribution is 2.32. The van der Waals surface area contributed by atoms with E-state index in [1.807, 2.05) is 0 Å². The second-order valence-corrected chi connectivity index (χ2v) is 3.26. The monoisotopic (exact) mass is 217 g/mol. The van der Waals surface area contributed by atoms with Crippen LogP contribution in [0.2, 0.25) is 0 Å². The summed E-state index contributed by atoms with van der Waals surface area (Å²) in [6, 6.07) is 6.57. The highest BCUT2D eigenvalue weighted by Gasteiger charge is 2.08. The quantitative estimate of drug-likeness (QED) is 0.434. The maximum Gasteiger partial charge on any atom is 0.288 e. The minimum atomic E-state index is -2.44. The first-order valence-corrected chi connectivity index (χ1v) is 4.64. The number of benzene rings is 1. The Morgan fingerprint density at radius 2 is 2.08 bits per heavy atom. The van der Waals surface area contributed by atoms with E-state index in [1.165, 1.54) is 0 Å². The van der Waals surface area contributed by atoms with Crippen LogP contribution in [0.5, 0.6) is 0 Å². The van der Waals surface area contributed by atoms with Crippen molar-refractivity contribution in [2.75, 3.05) is 0 Å². The molecule has 68 valence electrons. The zero-order valence-corrected chi connectivity index (χ0v) is 8.04. The van der Waals surface area contributed by atoms with Crippen molar-refractivity contribution in [2.24, 2.45) is 4.99 Å². The van der Waals surface area contributed by atoms with Crippen LogP contribution in [-0.2, 0) is 0 Å². The number of thiocarbonyl (C=S) groups is 1. The fourth-order valence-electron chi connectivity index (χ4n) is 0.794. The van der Waals surface area contributed by atoms with Gasteiger partial charge in [-0.2, -0.15) is 13.8 Å². The number of para-hydroxylation sites is 1. The molecule has 0 aromatic heterocycles. The van der Waals surface area contributed by atoms with Gasteiger partial charge in [0, 0.05) is 4.90 Å². The average molecular weight is 217 g/mol. The molecular formula is C8H5F2NS2. The van der Waals surface area contributed by atoms with Crippen molar-refractivity contribution < 1.29 is 8.78 Å². The predicted octanol–water partition coefficient (Wildman–Crippen LogP) is 3.74. The fourth-order valence-corrected chi connectivity index (χ4v) is 1.48. The van der Waals surface area contributed by atoms with Gasteiger partial charge in [0.2, 0.25) is 0 Å². The third-order valence-corrected chi connectivity index (χ3v) is 2.12. The van der Waals surface area contributed by atoms with Crippen molar-refractivity contribution in [1.29, 1.82) is 0 Å². The highest BCUT2D eigenvalue weighted by atomic mass is 32.2. The van der Waals surface area contributed by atoms with Crippen LogP contribution in [0.1, 0.15) is 0 Å². The predicted molar refractivity (Wildman–Crippen MR) is 53.0 cm³/mol. The molecule has 0 aliphatic heterocycles. The fraction of sp³-hybridized carbons (Fsp3) is 0.125. The average Bonchev–Trinajstić information content (AvgIpc) is 2.08. The van der Waals surface area contributed by atoms with Crippen molar-refractivity contribution in [1.82, 2.24) is 0 Å². The summed E-state index contributed by atoms with van der Waals surface area (Å²) in [6.07, 6.45) is 0. The van der Waals surface area contributed by atoms with Gasteiger partial charge in [-0.05, 0) is 24.4 Å². The van der Waals surface area contributed by atoms with E-state index in [0.717, 1.165) is 0 Å². The minimum Gasteiger partial charge on any atom is -0.198 e. The highest BCUT2D eigenvalue weighted by molar-refractivity contribution is 7.99. The number of hydrogen-bond acceptors (Lipinski definition) is 3. The van der Waals surface area contributed by atoms with Gasteiger partial charge in [-0.25, -0.2) is 0 Å². The van der Waals surface area contributed by atoms with Crippen molar-refractivity contribution in [3.8, 4) is 0 Å². The Balaban J connectivity index is 2.97. The number of isothiocyanates is 1. The second kappa shape index (κ2) is 5.07. The van der Waals surface area contributed by atoms with Crippen LogP contribution in [0.4, 0.5) is 14.5 Å². The normalized spacial score (nSPS) is 9.77. The van der Waals surface area contributed by atoms with Crippen LogP contribution in [0.3, 0.4) is 0 Å². The van der Waals surface area contributed by atoms with E-state index in [-0.39, 0.29) is 0 Å². The van der Waals surface area contributed by atoms with Crippen LogP contribution in [-0.4, -0.2) is 10.9 Å². The summed E-state index contributed by atoms with van der Waals surface area (Å²) >= 11 is 4.85. The smallest absolute Gasteiger partial charge is 0.198 e. The molecule has 0 amide bonds. The maximum atomic E-state index is 12.0. The molecule has 5 heteroatoms. The number of hydrogen-bond donors (Lipinski definition) is 0. The molecule has 1 aromatic carbocycles. The van der Waals surface area contributed by atoms with Crippen LogP contribution in [0.25, 0.3) is 0 Å². The lowest BCUT2D eigenvalue weighted by Crippen LogP contribution is -1.81. The first-order valence-electron chi connectivity index (χ1n) is 3.35. The number of thioether (sulfide) groups is 1. The van der Waals surface area contributed by atoms with Crippen molar-refractivity contribution in [3.05, 3.63) is 24.3 Å². The molecule has 0 bridgehead atoms. The lowest BCUT2D eigenvalue weighted by molar-refractivity contribution is 0.252. The van der Waals surface area contributed by atoms with Gasteiger partial charge < -0.3 is 0 Å². The minimum absolute atomic E-state index is 0.412. The van der Waals surface area contributed by atoms with E-state index in [9.17, 15) is 8.78 Å². The second-order valence-electron chi connectivity index (χ2n) is 2.05. The summed E-state index contributed by atoms with van der Waals surface area (Å²) in [6.45, 7) is 0. The zero-order chi connectivity index (χ0) is 9.68. The van der Waals surface area contributed by atoms with Gasteiger partial charge in [-0.1, -0.05) is 23.9 Å². The van der Waals surface area contributed by atoms with Gasteiger partial charge >= 0.3 is 0 Å². The lowest BCUT2D eigenvalue weighted by Gasteiger charge is -2.01. The lowest BCUT2D eigenvalue weighted by atomic mass is 10.3. The Kier molecular flexibility index (Phi) is 4.02. The Hall–Kier alpha value is -0.770. The summed E-state index contributed by atoms with van der Waals surface area (Å²) in [5.41, 5.74) is 0.433. The van der Waals surface area contributed by atoms with Gasteiger partial charge in [0.1, 0.15) is 0 Å². The number of nitrogens with zero attached hydrogens (tertiary/aromatic N) is 1. The Labute approximate surface area is 83.9 Å². The molecule has 0 saturated heterocycles. The van der Waals surface area contributed by atoms with Gasteiger partial charge in [-0.3, -0.25) is 0 Å². The Morgan fingerprint density at radius 3 is 2.69 bits per heavy atom. The summed E-state index contributed by atoms with van der Waals surface area (Å²) < 4.78 is 24.0. The standard InChI is InChI=1S/C8H5F2NS2/c9-8(10)13-7-4-2-1-3-6(7)11-5-12/h1-4,8H. The summed E-state index contributed by atoms with van der Waals surface area (Å²) in [5.74, 6) is -2.44. The molecule has 1 rings (SSSR count). The summed E-state index contributed by atoms with van der Waals surface area (Å²) in [4.78, 5) is 4.08. The van der Waals surface area contributed by atoms with Gasteiger partial charge in [0.05, 0.1) is 10.8 Å². The molecule has 0 radical (unpaired) electrons. The number of aliphatic imine (C=N–C) groups is 1. The third-order valence-electron chi connectivity index (χ3n) is 1.25. The molecule has 0 atom stereocenters. The SMILES string of the molecule is FC(F)Sc1ccccc1N=C=S. The summed E-state index contributed by atoms with van der Waals surface area (Å²) in [7, 11) is 0. The molecule has 1 nitrogen and oxygen atoms in total. The van der Waals surface area contributed by atoms with E-state index >= 15 is 0 Å². The molecule has 13 heavy (non-hydrogen) atoms. The van der Waals surface area contributed by atoms with Gasteiger partial charge in [0.25, 0.3) is 5.76 Å².